The highest BCUT2D eigenvalue weighted by Gasteiger charge is 2.24. The van der Waals surface area contributed by atoms with E-state index in [9.17, 15) is 0 Å². The Morgan fingerprint density at radius 2 is 2.06 bits per heavy atom. The number of aryl methyl sites for hydroxylation is 1. The van der Waals surface area contributed by atoms with Crippen LogP contribution in [0.4, 0.5) is 0 Å². The molecule has 0 aliphatic heterocycles. The predicted molar refractivity (Wildman–Crippen MR) is 76.4 cm³/mol. The second-order valence-corrected chi connectivity index (χ2v) is 6.05. The Morgan fingerprint density at radius 1 is 1.33 bits per heavy atom. The van der Waals surface area contributed by atoms with E-state index in [-0.39, 0.29) is 5.41 Å². The highest BCUT2D eigenvalue weighted by atomic mass is 16.5. The quantitative estimate of drug-likeness (QED) is 0.831. The van der Waals surface area contributed by atoms with Gasteiger partial charge in [0.25, 0.3) is 0 Å². The van der Waals surface area contributed by atoms with Gasteiger partial charge >= 0.3 is 0 Å². The van der Waals surface area contributed by atoms with Crippen LogP contribution in [-0.4, -0.2) is 19.7 Å². The Hall–Kier alpha value is -1.02. The molecule has 0 saturated heterocycles. The summed E-state index contributed by atoms with van der Waals surface area (Å²) < 4.78 is 5.32. The summed E-state index contributed by atoms with van der Waals surface area (Å²) in [5.74, 6) is 0.977. The molecule has 0 radical (unpaired) electrons. The summed E-state index contributed by atoms with van der Waals surface area (Å²) in [7, 11) is 1.73. The summed E-state index contributed by atoms with van der Waals surface area (Å²) in [6.45, 7) is 7.87. The van der Waals surface area contributed by atoms with Crippen LogP contribution < -0.4 is 10.1 Å². The van der Waals surface area contributed by atoms with E-state index in [1.54, 1.807) is 7.11 Å². The van der Waals surface area contributed by atoms with Gasteiger partial charge in [0.1, 0.15) is 5.75 Å². The minimum absolute atomic E-state index is 0.221. The molecule has 0 aromatic heterocycles. The molecule has 0 bridgehead atoms. The van der Waals surface area contributed by atoms with Crippen LogP contribution in [0, 0.1) is 6.92 Å². The molecule has 1 aliphatic carbocycles. The van der Waals surface area contributed by atoms with Crippen molar-refractivity contribution in [2.45, 2.75) is 51.5 Å². The molecule has 1 N–H and O–H groups in total. The molecule has 1 fully saturated rings. The van der Waals surface area contributed by atoms with Crippen molar-refractivity contribution in [1.82, 2.24) is 5.32 Å². The molecular formula is C16H25NO. The van der Waals surface area contributed by atoms with E-state index in [0.29, 0.717) is 0 Å². The molecule has 0 amide bonds. The fraction of sp³-hybridized carbons (Fsp3) is 0.625. The molecule has 0 unspecified atom stereocenters. The Labute approximate surface area is 111 Å². The van der Waals surface area contributed by atoms with Gasteiger partial charge in [-0.05, 0) is 55.3 Å². The SMILES string of the molecule is COc1ccc(C(C)(C)CCNC2CC2)cc1C. The average Bonchev–Trinajstić information content (AvgIpc) is 3.12. The number of ether oxygens (including phenoxy) is 1. The lowest BCUT2D eigenvalue weighted by atomic mass is 9.81. The number of methoxy groups -OCH3 is 1. The average molecular weight is 247 g/mol. The zero-order chi connectivity index (χ0) is 13.2. The van der Waals surface area contributed by atoms with Crippen LogP contribution in [-0.2, 0) is 5.41 Å². The van der Waals surface area contributed by atoms with Crippen molar-refractivity contribution in [3.63, 3.8) is 0 Å². The summed E-state index contributed by atoms with van der Waals surface area (Å²) >= 11 is 0. The minimum Gasteiger partial charge on any atom is -0.496 e. The van der Waals surface area contributed by atoms with Gasteiger partial charge in [-0.1, -0.05) is 26.0 Å². The Kier molecular flexibility index (Phi) is 3.96. The molecule has 0 atom stereocenters. The molecule has 2 heteroatoms. The van der Waals surface area contributed by atoms with Crippen LogP contribution in [0.3, 0.4) is 0 Å². The maximum Gasteiger partial charge on any atom is 0.121 e. The minimum atomic E-state index is 0.221. The summed E-state index contributed by atoms with van der Waals surface area (Å²) in [4.78, 5) is 0. The normalized spacial score (nSPS) is 15.8. The van der Waals surface area contributed by atoms with Crippen molar-refractivity contribution < 1.29 is 4.74 Å². The van der Waals surface area contributed by atoms with E-state index in [2.05, 4.69) is 44.3 Å². The molecule has 1 aromatic carbocycles. The van der Waals surface area contributed by atoms with Crippen LogP contribution in [0.15, 0.2) is 18.2 Å². The van der Waals surface area contributed by atoms with Crippen molar-refractivity contribution in [2.24, 2.45) is 0 Å². The molecule has 1 aromatic rings. The van der Waals surface area contributed by atoms with Gasteiger partial charge in [-0.3, -0.25) is 0 Å². The van der Waals surface area contributed by atoms with Crippen LogP contribution in [0.1, 0.15) is 44.2 Å². The standard InChI is InChI=1S/C16H25NO/c1-12-11-13(5-8-15(12)18-4)16(2,3)9-10-17-14-6-7-14/h5,8,11,14,17H,6-7,9-10H2,1-4H3. The van der Waals surface area contributed by atoms with Gasteiger partial charge in [-0.2, -0.15) is 0 Å². The highest BCUT2D eigenvalue weighted by Crippen LogP contribution is 2.30. The van der Waals surface area contributed by atoms with E-state index in [1.165, 1.54) is 30.4 Å². The smallest absolute Gasteiger partial charge is 0.121 e. The molecular weight excluding hydrogens is 222 g/mol. The van der Waals surface area contributed by atoms with Gasteiger partial charge in [0.15, 0.2) is 0 Å². The summed E-state index contributed by atoms with van der Waals surface area (Å²) in [5.41, 5.74) is 2.84. The third-order valence-electron chi connectivity index (χ3n) is 3.94. The number of hydrogen-bond acceptors (Lipinski definition) is 2. The topological polar surface area (TPSA) is 21.3 Å². The third kappa shape index (κ3) is 3.26. The monoisotopic (exact) mass is 247 g/mol. The first-order valence-electron chi connectivity index (χ1n) is 6.91. The van der Waals surface area contributed by atoms with Crippen LogP contribution in [0.2, 0.25) is 0 Å². The van der Waals surface area contributed by atoms with Gasteiger partial charge in [-0.15, -0.1) is 0 Å². The fourth-order valence-electron chi connectivity index (χ4n) is 2.32. The molecule has 2 nitrogen and oxygen atoms in total. The van der Waals surface area contributed by atoms with Gasteiger partial charge in [0.05, 0.1) is 7.11 Å². The maximum atomic E-state index is 5.32. The molecule has 1 saturated carbocycles. The number of benzene rings is 1. The first-order valence-corrected chi connectivity index (χ1v) is 6.91. The van der Waals surface area contributed by atoms with Crippen LogP contribution in [0.5, 0.6) is 5.75 Å². The van der Waals surface area contributed by atoms with E-state index in [0.717, 1.165) is 18.3 Å². The number of hydrogen-bond donors (Lipinski definition) is 1. The van der Waals surface area contributed by atoms with E-state index in [4.69, 9.17) is 4.74 Å². The third-order valence-corrected chi connectivity index (χ3v) is 3.94. The van der Waals surface area contributed by atoms with Crippen molar-refractivity contribution in [1.29, 1.82) is 0 Å². The van der Waals surface area contributed by atoms with Crippen LogP contribution in [0.25, 0.3) is 0 Å². The Bertz CT molecular complexity index is 408. The van der Waals surface area contributed by atoms with Crippen molar-refractivity contribution >= 4 is 0 Å². The Balaban J connectivity index is 2.00. The van der Waals surface area contributed by atoms with Gasteiger partial charge < -0.3 is 10.1 Å². The summed E-state index contributed by atoms with van der Waals surface area (Å²) in [5, 5.41) is 3.59. The largest absolute Gasteiger partial charge is 0.496 e. The van der Waals surface area contributed by atoms with Gasteiger partial charge in [-0.25, -0.2) is 0 Å². The second kappa shape index (κ2) is 5.31. The molecule has 0 heterocycles. The summed E-state index contributed by atoms with van der Waals surface area (Å²) in [6, 6.07) is 7.35. The van der Waals surface area contributed by atoms with Crippen molar-refractivity contribution in [3.8, 4) is 5.75 Å². The molecule has 0 spiro atoms. The van der Waals surface area contributed by atoms with Crippen LogP contribution >= 0.6 is 0 Å². The number of nitrogens with one attached hydrogen (secondary N) is 1. The first kappa shape index (κ1) is 13.4. The van der Waals surface area contributed by atoms with Crippen molar-refractivity contribution in [2.75, 3.05) is 13.7 Å². The molecule has 1 aliphatic rings. The zero-order valence-electron chi connectivity index (χ0n) is 12.0. The molecule has 18 heavy (non-hydrogen) atoms. The predicted octanol–water partition coefficient (Wildman–Crippen LogP) is 3.42. The Morgan fingerprint density at radius 3 is 2.61 bits per heavy atom. The van der Waals surface area contributed by atoms with Gasteiger partial charge in [0, 0.05) is 6.04 Å². The lowest BCUT2D eigenvalue weighted by molar-refractivity contribution is 0.409. The lowest BCUT2D eigenvalue weighted by Gasteiger charge is -2.26. The summed E-state index contributed by atoms with van der Waals surface area (Å²) in [6.07, 6.45) is 3.90. The maximum absolute atomic E-state index is 5.32. The highest BCUT2D eigenvalue weighted by molar-refractivity contribution is 5.38. The van der Waals surface area contributed by atoms with E-state index >= 15 is 0 Å². The second-order valence-electron chi connectivity index (χ2n) is 6.05. The van der Waals surface area contributed by atoms with E-state index < -0.39 is 0 Å². The van der Waals surface area contributed by atoms with Gasteiger partial charge in [0.2, 0.25) is 0 Å². The zero-order valence-corrected chi connectivity index (χ0v) is 12.0. The first-order chi connectivity index (χ1) is 8.53. The fourth-order valence-corrected chi connectivity index (χ4v) is 2.32. The molecule has 2 rings (SSSR count). The molecule has 100 valence electrons. The lowest BCUT2D eigenvalue weighted by Crippen LogP contribution is -2.26. The van der Waals surface area contributed by atoms with E-state index in [1.807, 2.05) is 0 Å². The number of rotatable bonds is 6. The van der Waals surface area contributed by atoms with Crippen molar-refractivity contribution in [3.05, 3.63) is 29.3 Å².